The lowest BCUT2D eigenvalue weighted by atomic mass is 9.72. The predicted molar refractivity (Wildman–Crippen MR) is 114 cm³/mol. The Labute approximate surface area is 184 Å². The summed E-state index contributed by atoms with van der Waals surface area (Å²) in [5.74, 6) is 0.707. The molecule has 0 spiro atoms. The molecule has 3 heterocycles. The number of likely N-dealkylation sites (tertiary alicyclic amines) is 1. The number of piperidine rings is 1. The van der Waals surface area contributed by atoms with Crippen LogP contribution in [-0.4, -0.2) is 38.0 Å². The highest BCUT2D eigenvalue weighted by Crippen LogP contribution is 2.39. The zero-order chi connectivity index (χ0) is 22.5. The van der Waals surface area contributed by atoms with Gasteiger partial charge in [-0.25, -0.2) is 9.50 Å². The Balaban J connectivity index is 1.56. The Bertz CT molecular complexity index is 1140. The quantitative estimate of drug-likeness (QED) is 0.530. The molecule has 2 fully saturated rings. The van der Waals surface area contributed by atoms with Crippen LogP contribution in [0.15, 0.2) is 42.5 Å². The van der Waals surface area contributed by atoms with Crippen molar-refractivity contribution in [3.8, 4) is 11.3 Å². The summed E-state index contributed by atoms with van der Waals surface area (Å²) in [6.07, 6.45) is 0.557. The number of aromatic nitrogens is 3. The fourth-order valence-electron chi connectivity index (χ4n) is 5.35. The maximum Gasteiger partial charge on any atom is 0.433 e. The fourth-order valence-corrected chi connectivity index (χ4v) is 5.35. The number of hydrogen-bond donors (Lipinski definition) is 0. The Morgan fingerprint density at radius 3 is 2.56 bits per heavy atom. The smallest absolute Gasteiger partial charge is 0.334 e. The van der Waals surface area contributed by atoms with Gasteiger partial charge in [0.15, 0.2) is 17.0 Å². The normalized spacial score (nSPS) is 23.9. The first-order valence-corrected chi connectivity index (χ1v) is 11.2. The van der Waals surface area contributed by atoms with Gasteiger partial charge < -0.3 is 4.90 Å². The van der Waals surface area contributed by atoms with Crippen molar-refractivity contribution in [3.63, 3.8) is 0 Å². The predicted octanol–water partition coefficient (Wildman–Crippen LogP) is 5.46. The van der Waals surface area contributed by atoms with Crippen LogP contribution < -0.4 is 0 Å². The largest absolute Gasteiger partial charge is 0.433 e. The van der Waals surface area contributed by atoms with Gasteiger partial charge in [-0.05, 0) is 37.2 Å². The number of fused-ring (bicyclic) bond motifs is 2. The van der Waals surface area contributed by atoms with Gasteiger partial charge in [0.2, 0.25) is 0 Å². The molecule has 1 aromatic carbocycles. The van der Waals surface area contributed by atoms with Gasteiger partial charge in [0.1, 0.15) is 0 Å². The van der Waals surface area contributed by atoms with Crippen LogP contribution in [0.3, 0.4) is 0 Å². The number of alkyl halides is 3. The molecule has 1 saturated heterocycles. The third kappa shape index (κ3) is 3.65. The molecule has 0 N–H and O–H groups in total. The van der Waals surface area contributed by atoms with E-state index in [-0.39, 0.29) is 29.0 Å². The second-order valence-corrected chi connectivity index (χ2v) is 8.97. The summed E-state index contributed by atoms with van der Waals surface area (Å²) in [5, 5.41) is 4.09. The average molecular weight is 442 g/mol. The number of benzene rings is 1. The van der Waals surface area contributed by atoms with E-state index < -0.39 is 11.9 Å². The van der Waals surface area contributed by atoms with E-state index in [0.717, 1.165) is 36.3 Å². The van der Waals surface area contributed by atoms with Crippen LogP contribution in [0.1, 0.15) is 55.2 Å². The molecule has 3 aromatic rings. The molecule has 3 atom stereocenters. The molecule has 1 saturated carbocycles. The van der Waals surface area contributed by atoms with Crippen LogP contribution in [0.4, 0.5) is 13.2 Å². The summed E-state index contributed by atoms with van der Waals surface area (Å²) < 4.78 is 42.3. The Morgan fingerprint density at radius 1 is 1.06 bits per heavy atom. The molecular weight excluding hydrogens is 417 g/mol. The van der Waals surface area contributed by atoms with Crippen LogP contribution in [0, 0.1) is 11.8 Å². The van der Waals surface area contributed by atoms with Gasteiger partial charge in [-0.15, -0.1) is 0 Å². The van der Waals surface area contributed by atoms with Crippen LogP contribution in [0.2, 0.25) is 0 Å². The molecule has 168 valence electrons. The van der Waals surface area contributed by atoms with E-state index in [4.69, 9.17) is 0 Å². The lowest BCUT2D eigenvalue weighted by Crippen LogP contribution is -2.52. The van der Waals surface area contributed by atoms with Crippen molar-refractivity contribution < 1.29 is 18.0 Å². The minimum absolute atomic E-state index is 0.0205. The molecule has 5 nitrogen and oxygen atoms in total. The molecule has 8 heteroatoms. The molecule has 2 aromatic heterocycles. The summed E-state index contributed by atoms with van der Waals surface area (Å²) in [4.78, 5) is 19.6. The van der Waals surface area contributed by atoms with E-state index in [9.17, 15) is 18.0 Å². The van der Waals surface area contributed by atoms with Gasteiger partial charge in [-0.2, -0.15) is 18.3 Å². The maximum absolute atomic E-state index is 13.9. The molecule has 1 aliphatic heterocycles. The van der Waals surface area contributed by atoms with E-state index in [1.54, 1.807) is 30.3 Å². The number of amides is 1. The topological polar surface area (TPSA) is 50.5 Å². The zero-order valence-corrected chi connectivity index (χ0v) is 17.8. The van der Waals surface area contributed by atoms with E-state index in [2.05, 4.69) is 17.0 Å². The number of rotatable bonds is 2. The van der Waals surface area contributed by atoms with Crippen LogP contribution >= 0.6 is 0 Å². The minimum Gasteiger partial charge on any atom is -0.334 e. The second kappa shape index (κ2) is 7.90. The van der Waals surface area contributed by atoms with Crippen LogP contribution in [0.5, 0.6) is 0 Å². The molecular formula is C24H25F3N4O. The van der Waals surface area contributed by atoms with Crippen LogP contribution in [-0.2, 0) is 6.18 Å². The summed E-state index contributed by atoms with van der Waals surface area (Å²) in [6.45, 7) is 2.85. The van der Waals surface area contributed by atoms with Crippen molar-refractivity contribution in [2.45, 2.75) is 51.2 Å². The highest BCUT2D eigenvalue weighted by molar-refractivity contribution is 5.93. The summed E-state index contributed by atoms with van der Waals surface area (Å²) in [7, 11) is 0. The zero-order valence-electron chi connectivity index (χ0n) is 17.8. The number of hydrogen-bond acceptors (Lipinski definition) is 3. The summed E-state index contributed by atoms with van der Waals surface area (Å²) >= 11 is 0. The number of halogens is 3. The van der Waals surface area contributed by atoms with Crippen molar-refractivity contribution >= 4 is 11.6 Å². The number of nitrogens with zero attached hydrogens (tertiary/aromatic N) is 4. The fraction of sp³-hybridized carbons (Fsp3) is 0.458. The van der Waals surface area contributed by atoms with Crippen molar-refractivity contribution in [1.29, 1.82) is 0 Å². The van der Waals surface area contributed by atoms with E-state index in [1.165, 1.54) is 12.5 Å². The van der Waals surface area contributed by atoms with E-state index in [0.29, 0.717) is 23.9 Å². The van der Waals surface area contributed by atoms with E-state index in [1.807, 2.05) is 4.90 Å². The van der Waals surface area contributed by atoms with Gasteiger partial charge in [-0.1, -0.05) is 50.1 Å². The van der Waals surface area contributed by atoms with Gasteiger partial charge >= 0.3 is 6.18 Å². The highest BCUT2D eigenvalue weighted by atomic mass is 19.4. The van der Waals surface area contributed by atoms with Gasteiger partial charge in [0, 0.05) is 24.2 Å². The maximum atomic E-state index is 13.9. The molecule has 1 amide bonds. The molecule has 32 heavy (non-hydrogen) atoms. The first-order chi connectivity index (χ1) is 15.3. The van der Waals surface area contributed by atoms with Gasteiger partial charge in [-0.3, -0.25) is 4.79 Å². The lowest BCUT2D eigenvalue weighted by molar-refractivity contribution is -0.142. The first-order valence-electron chi connectivity index (χ1n) is 11.2. The molecule has 0 unspecified atom stereocenters. The standard InChI is InChI=1S/C24H25F3N4O/c1-15-11-12-30(20-10-6-5-9-17(15)20)23(32)19-14-22-28-18(16-7-3-2-4-8-16)13-21(24(25,26)27)31(22)29-19/h2-4,7-8,13-15,17,20H,5-6,9-12H2,1H3/t15-,17+,20-/m0/s1. The average Bonchev–Trinajstić information content (AvgIpc) is 3.22. The lowest BCUT2D eigenvalue weighted by Gasteiger charge is -2.47. The summed E-state index contributed by atoms with van der Waals surface area (Å²) in [6, 6.07) is 11.2. The van der Waals surface area contributed by atoms with Crippen molar-refractivity contribution in [3.05, 3.63) is 53.9 Å². The molecule has 5 rings (SSSR count). The molecule has 2 aliphatic rings. The highest BCUT2D eigenvalue weighted by Gasteiger charge is 2.41. The SMILES string of the molecule is C[C@H]1CCN(C(=O)c2cc3nc(-c4ccccc4)cc(C(F)(F)F)n3n2)[C@H]2CCCC[C@H]12. The minimum atomic E-state index is -4.63. The number of carbonyl (C=O) groups excluding carboxylic acids is 1. The second-order valence-electron chi connectivity index (χ2n) is 8.97. The van der Waals surface area contributed by atoms with Crippen molar-refractivity contribution in [1.82, 2.24) is 19.5 Å². The van der Waals surface area contributed by atoms with Crippen LogP contribution in [0.25, 0.3) is 16.9 Å². The Morgan fingerprint density at radius 2 is 1.81 bits per heavy atom. The Kier molecular flexibility index (Phi) is 5.18. The third-order valence-corrected chi connectivity index (χ3v) is 7.01. The van der Waals surface area contributed by atoms with Crippen molar-refractivity contribution in [2.24, 2.45) is 11.8 Å². The first kappa shape index (κ1) is 21.0. The van der Waals surface area contributed by atoms with Crippen molar-refractivity contribution in [2.75, 3.05) is 6.54 Å². The number of carbonyl (C=O) groups is 1. The third-order valence-electron chi connectivity index (χ3n) is 7.01. The summed E-state index contributed by atoms with van der Waals surface area (Å²) in [5.41, 5.74) is -0.129. The molecule has 1 aliphatic carbocycles. The monoisotopic (exact) mass is 442 g/mol. The van der Waals surface area contributed by atoms with E-state index >= 15 is 0 Å². The van der Waals surface area contributed by atoms with Gasteiger partial charge in [0.25, 0.3) is 5.91 Å². The Hall–Kier alpha value is -2.90. The molecule has 0 bridgehead atoms. The molecule has 0 radical (unpaired) electrons. The van der Waals surface area contributed by atoms with Gasteiger partial charge in [0.05, 0.1) is 5.69 Å².